The van der Waals surface area contributed by atoms with Crippen molar-refractivity contribution in [1.29, 1.82) is 0 Å². The van der Waals surface area contributed by atoms with Gasteiger partial charge in [0.25, 0.3) is 0 Å². The van der Waals surface area contributed by atoms with E-state index in [-0.39, 0.29) is 0 Å². The van der Waals surface area contributed by atoms with E-state index in [4.69, 9.17) is 0 Å². The molecule has 0 unspecified atom stereocenters. The number of benzene rings is 1. The van der Waals surface area contributed by atoms with Gasteiger partial charge >= 0.3 is 0 Å². The quantitative estimate of drug-likeness (QED) is 0.631. The molecule has 13 heavy (non-hydrogen) atoms. The van der Waals surface area contributed by atoms with Crippen molar-refractivity contribution in [3.05, 3.63) is 35.5 Å². The van der Waals surface area contributed by atoms with E-state index in [0.29, 0.717) is 0 Å². The molecule has 0 spiro atoms. The van der Waals surface area contributed by atoms with Gasteiger partial charge in [0.2, 0.25) is 0 Å². The molecule has 1 aromatic carbocycles. The van der Waals surface area contributed by atoms with Crippen LogP contribution in [-0.2, 0) is 0 Å². The number of fused-ring (bicyclic) bond motifs is 2. The minimum atomic E-state index is 0.935. The van der Waals surface area contributed by atoms with Gasteiger partial charge in [-0.1, -0.05) is 18.2 Å². The Morgan fingerprint density at radius 2 is 2.15 bits per heavy atom. The van der Waals surface area contributed by atoms with Crippen molar-refractivity contribution in [2.75, 3.05) is 13.1 Å². The molecule has 1 aromatic rings. The van der Waals surface area contributed by atoms with Gasteiger partial charge in [-0.15, -0.1) is 0 Å². The first-order valence-corrected chi connectivity index (χ1v) is 4.69. The minimum Gasteiger partial charge on any atom is -0.311 e. The standard InChI is InChI=1S/C11H11N2/c1-2-4-10-8(3-1)9-5-6-12-7-11(9)13-10/h1-4,12H,5-7H2. The smallest absolute Gasteiger partial charge is 0.0709 e. The van der Waals surface area contributed by atoms with Crippen LogP contribution in [0.5, 0.6) is 0 Å². The van der Waals surface area contributed by atoms with E-state index < -0.39 is 0 Å². The van der Waals surface area contributed by atoms with Crippen LogP contribution in [0, 0.1) is 0 Å². The summed E-state index contributed by atoms with van der Waals surface area (Å²) in [7, 11) is 0. The van der Waals surface area contributed by atoms with Crippen LogP contribution in [0.1, 0.15) is 12.0 Å². The first kappa shape index (κ1) is 7.15. The Morgan fingerprint density at radius 3 is 3.15 bits per heavy atom. The Hall–Kier alpha value is -1.28. The maximum absolute atomic E-state index is 4.59. The van der Waals surface area contributed by atoms with E-state index in [2.05, 4.69) is 28.8 Å². The molecule has 2 nitrogen and oxygen atoms in total. The lowest BCUT2D eigenvalue weighted by molar-refractivity contribution is 0.698. The van der Waals surface area contributed by atoms with Gasteiger partial charge in [-0.3, -0.25) is 5.32 Å². The van der Waals surface area contributed by atoms with Crippen molar-refractivity contribution in [2.24, 2.45) is 0 Å². The van der Waals surface area contributed by atoms with Crippen LogP contribution in [0.15, 0.2) is 30.0 Å². The summed E-state index contributed by atoms with van der Waals surface area (Å²) in [5, 5.41) is 7.93. The Balaban J connectivity index is 2.12. The molecule has 1 radical (unpaired) electrons. The molecule has 0 fully saturated rings. The Morgan fingerprint density at radius 1 is 1.23 bits per heavy atom. The second-order valence-corrected chi connectivity index (χ2v) is 3.48. The Bertz CT molecular complexity index is 379. The van der Waals surface area contributed by atoms with Crippen molar-refractivity contribution in [3.63, 3.8) is 0 Å². The predicted molar refractivity (Wildman–Crippen MR) is 52.6 cm³/mol. The molecule has 2 aliphatic heterocycles. The molecule has 0 aromatic heterocycles. The summed E-state index contributed by atoms with van der Waals surface area (Å²) in [6.45, 7) is 2.02. The molecule has 1 N–H and O–H groups in total. The van der Waals surface area contributed by atoms with Crippen LogP contribution in [0.3, 0.4) is 0 Å². The van der Waals surface area contributed by atoms with E-state index in [1.165, 1.54) is 16.8 Å². The normalized spacial score (nSPS) is 19.4. The summed E-state index contributed by atoms with van der Waals surface area (Å²) >= 11 is 0. The predicted octanol–water partition coefficient (Wildman–Crippen LogP) is 1.64. The highest BCUT2D eigenvalue weighted by Gasteiger charge is 2.23. The number of hydrogen-bond acceptors (Lipinski definition) is 1. The third kappa shape index (κ3) is 0.988. The van der Waals surface area contributed by atoms with E-state index >= 15 is 0 Å². The highest BCUT2D eigenvalue weighted by molar-refractivity contribution is 5.82. The third-order valence-electron chi connectivity index (χ3n) is 2.68. The fraction of sp³-hybridized carbons (Fsp3) is 0.273. The molecule has 2 aliphatic rings. The van der Waals surface area contributed by atoms with Gasteiger partial charge in [-0.25, -0.2) is 0 Å². The highest BCUT2D eigenvalue weighted by Crippen LogP contribution is 2.36. The number of hydrogen-bond donors (Lipinski definition) is 1. The molecule has 3 rings (SSSR count). The lowest BCUT2D eigenvalue weighted by Crippen LogP contribution is -2.25. The number of nitrogens with one attached hydrogen (secondary N) is 1. The summed E-state index contributed by atoms with van der Waals surface area (Å²) in [5.41, 5.74) is 5.19. The molecule has 65 valence electrons. The molecular weight excluding hydrogens is 160 g/mol. The second kappa shape index (κ2) is 2.60. The van der Waals surface area contributed by atoms with Gasteiger partial charge in [-0.2, -0.15) is 0 Å². The third-order valence-corrected chi connectivity index (χ3v) is 2.68. The first-order valence-electron chi connectivity index (χ1n) is 4.69. The average Bonchev–Trinajstić information content (AvgIpc) is 2.56. The summed E-state index contributed by atoms with van der Waals surface area (Å²) in [6, 6.07) is 8.40. The van der Waals surface area contributed by atoms with Crippen LogP contribution in [0.2, 0.25) is 0 Å². The lowest BCUT2D eigenvalue weighted by atomic mass is 10.0. The lowest BCUT2D eigenvalue weighted by Gasteiger charge is -2.13. The highest BCUT2D eigenvalue weighted by atomic mass is 15.0. The molecule has 0 amide bonds. The van der Waals surface area contributed by atoms with E-state index in [0.717, 1.165) is 25.2 Å². The zero-order valence-electron chi connectivity index (χ0n) is 7.38. The number of nitrogens with zero attached hydrogens (tertiary/aromatic N) is 1. The SMILES string of the molecule is c1ccc2c(c1)[N]C1=C2CCNC1. The van der Waals surface area contributed by atoms with E-state index in [1.54, 1.807) is 0 Å². The first-order chi connectivity index (χ1) is 6.45. The summed E-state index contributed by atoms with van der Waals surface area (Å²) < 4.78 is 0. The summed E-state index contributed by atoms with van der Waals surface area (Å²) in [5.74, 6) is 0. The molecule has 2 heterocycles. The van der Waals surface area contributed by atoms with Crippen molar-refractivity contribution < 1.29 is 0 Å². The topological polar surface area (TPSA) is 26.1 Å². The van der Waals surface area contributed by atoms with Crippen molar-refractivity contribution in [2.45, 2.75) is 6.42 Å². The van der Waals surface area contributed by atoms with Gasteiger partial charge in [0.15, 0.2) is 0 Å². The molecule has 0 saturated carbocycles. The molecule has 2 heteroatoms. The maximum Gasteiger partial charge on any atom is 0.0709 e. The van der Waals surface area contributed by atoms with Gasteiger partial charge in [0.05, 0.1) is 11.4 Å². The van der Waals surface area contributed by atoms with Gasteiger partial charge < -0.3 is 5.32 Å². The Kier molecular flexibility index (Phi) is 1.43. The van der Waals surface area contributed by atoms with E-state index in [9.17, 15) is 0 Å². The summed E-state index contributed by atoms with van der Waals surface area (Å²) in [4.78, 5) is 0. The fourth-order valence-electron chi connectivity index (χ4n) is 2.04. The van der Waals surface area contributed by atoms with Crippen LogP contribution in [-0.4, -0.2) is 13.1 Å². The van der Waals surface area contributed by atoms with Crippen LogP contribution in [0.25, 0.3) is 5.57 Å². The van der Waals surface area contributed by atoms with Crippen LogP contribution in [0.4, 0.5) is 5.69 Å². The second-order valence-electron chi connectivity index (χ2n) is 3.48. The minimum absolute atomic E-state index is 0.935. The number of rotatable bonds is 0. The molecule has 0 bridgehead atoms. The fourth-order valence-corrected chi connectivity index (χ4v) is 2.04. The van der Waals surface area contributed by atoms with Gasteiger partial charge in [-0.05, 0) is 24.6 Å². The molecule has 0 atom stereocenters. The molecule has 0 saturated heterocycles. The average molecular weight is 171 g/mol. The summed E-state index contributed by atoms with van der Waals surface area (Å²) in [6.07, 6.45) is 1.12. The zero-order valence-corrected chi connectivity index (χ0v) is 7.38. The Labute approximate surface area is 77.7 Å². The molecule has 0 aliphatic carbocycles. The van der Waals surface area contributed by atoms with Crippen LogP contribution >= 0.6 is 0 Å². The monoisotopic (exact) mass is 171 g/mol. The van der Waals surface area contributed by atoms with Crippen LogP contribution < -0.4 is 10.6 Å². The largest absolute Gasteiger partial charge is 0.311 e. The maximum atomic E-state index is 4.59. The zero-order chi connectivity index (χ0) is 8.67. The van der Waals surface area contributed by atoms with Crippen molar-refractivity contribution in [1.82, 2.24) is 10.6 Å². The van der Waals surface area contributed by atoms with E-state index in [1.807, 2.05) is 6.07 Å². The molecular formula is C11H11N2. The van der Waals surface area contributed by atoms with Gasteiger partial charge in [0.1, 0.15) is 0 Å². The van der Waals surface area contributed by atoms with Crippen molar-refractivity contribution >= 4 is 11.3 Å². The van der Waals surface area contributed by atoms with Crippen molar-refractivity contribution in [3.8, 4) is 0 Å². The van der Waals surface area contributed by atoms with Gasteiger partial charge in [0, 0.05) is 12.1 Å². The number of para-hydroxylation sites is 1.